The van der Waals surface area contributed by atoms with Gasteiger partial charge in [0.1, 0.15) is 6.04 Å². The van der Waals surface area contributed by atoms with Crippen molar-refractivity contribution in [2.45, 2.75) is 26.3 Å². The number of nitrogens with one attached hydrogen (secondary N) is 2. The van der Waals surface area contributed by atoms with E-state index in [1.54, 1.807) is 12.1 Å². The second-order valence-corrected chi connectivity index (χ2v) is 4.61. The highest BCUT2D eigenvalue weighted by molar-refractivity contribution is 5.95. The molecule has 106 valence electrons. The van der Waals surface area contributed by atoms with E-state index in [9.17, 15) is 9.59 Å². The lowest BCUT2D eigenvalue weighted by atomic mass is 10.0. The summed E-state index contributed by atoms with van der Waals surface area (Å²) < 4.78 is 4.99. The van der Waals surface area contributed by atoms with Gasteiger partial charge in [-0.1, -0.05) is 13.8 Å². The molecule has 2 amide bonds. The van der Waals surface area contributed by atoms with Crippen LogP contribution in [0.2, 0.25) is 0 Å². The number of rotatable bonds is 7. The maximum absolute atomic E-state index is 12.0. The second-order valence-electron chi connectivity index (χ2n) is 4.61. The number of nitrogens with two attached hydrogens (primary N) is 1. The molecule has 1 rings (SSSR count). The Morgan fingerprint density at radius 3 is 2.68 bits per heavy atom. The summed E-state index contributed by atoms with van der Waals surface area (Å²) in [7, 11) is 0. The van der Waals surface area contributed by atoms with Crippen molar-refractivity contribution >= 4 is 11.8 Å². The third kappa shape index (κ3) is 4.75. The molecular formula is C13H21N3O3. The molecule has 0 fully saturated rings. The standard InChI is InChI=1S/C13H21N3O3/c1-9(2)11(13(18)15-7-4-6-14)16-12(17)10-5-3-8-19-10/h3,5,8-9,11H,4,6-7,14H2,1-2H3,(H,15,18)(H,16,17). The molecule has 1 aromatic rings. The van der Waals surface area contributed by atoms with Gasteiger partial charge < -0.3 is 20.8 Å². The second kappa shape index (κ2) is 7.58. The van der Waals surface area contributed by atoms with Crippen molar-refractivity contribution in [3.8, 4) is 0 Å². The van der Waals surface area contributed by atoms with Crippen LogP contribution in [0.25, 0.3) is 0 Å². The van der Waals surface area contributed by atoms with Gasteiger partial charge in [-0.3, -0.25) is 9.59 Å². The van der Waals surface area contributed by atoms with Crippen LogP contribution in [0.15, 0.2) is 22.8 Å². The number of carbonyl (C=O) groups is 2. The Morgan fingerprint density at radius 2 is 2.16 bits per heavy atom. The molecule has 19 heavy (non-hydrogen) atoms. The van der Waals surface area contributed by atoms with Gasteiger partial charge in [-0.2, -0.15) is 0 Å². The average molecular weight is 267 g/mol. The Labute approximate surface area is 112 Å². The zero-order chi connectivity index (χ0) is 14.3. The summed E-state index contributed by atoms with van der Waals surface area (Å²) >= 11 is 0. The van der Waals surface area contributed by atoms with Gasteiger partial charge in [-0.15, -0.1) is 0 Å². The van der Waals surface area contributed by atoms with Gasteiger partial charge >= 0.3 is 0 Å². The fourth-order valence-corrected chi connectivity index (χ4v) is 1.58. The molecule has 1 unspecified atom stereocenters. The summed E-state index contributed by atoms with van der Waals surface area (Å²) in [6.07, 6.45) is 2.13. The van der Waals surface area contributed by atoms with Crippen LogP contribution in [0.4, 0.5) is 0 Å². The quantitative estimate of drug-likeness (QED) is 0.627. The SMILES string of the molecule is CC(C)C(NC(=O)c1ccco1)C(=O)NCCCN. The van der Waals surface area contributed by atoms with E-state index in [1.165, 1.54) is 6.26 Å². The minimum absolute atomic E-state index is 0.0169. The van der Waals surface area contributed by atoms with E-state index < -0.39 is 11.9 Å². The highest BCUT2D eigenvalue weighted by atomic mass is 16.3. The summed E-state index contributed by atoms with van der Waals surface area (Å²) in [5, 5.41) is 5.42. The van der Waals surface area contributed by atoms with Crippen molar-refractivity contribution in [3.05, 3.63) is 24.2 Å². The molecule has 0 radical (unpaired) electrons. The van der Waals surface area contributed by atoms with Crippen molar-refractivity contribution in [2.24, 2.45) is 11.7 Å². The number of hydrogen-bond acceptors (Lipinski definition) is 4. The van der Waals surface area contributed by atoms with Crippen molar-refractivity contribution in [2.75, 3.05) is 13.1 Å². The lowest BCUT2D eigenvalue weighted by Gasteiger charge is -2.21. The fraction of sp³-hybridized carbons (Fsp3) is 0.538. The van der Waals surface area contributed by atoms with E-state index in [-0.39, 0.29) is 17.6 Å². The highest BCUT2D eigenvalue weighted by Gasteiger charge is 2.25. The van der Waals surface area contributed by atoms with Crippen LogP contribution in [-0.2, 0) is 4.79 Å². The van der Waals surface area contributed by atoms with Gasteiger partial charge in [0.2, 0.25) is 5.91 Å². The molecule has 1 atom stereocenters. The van der Waals surface area contributed by atoms with Crippen molar-refractivity contribution in [1.29, 1.82) is 0 Å². The van der Waals surface area contributed by atoms with Crippen LogP contribution in [-0.4, -0.2) is 30.9 Å². The van der Waals surface area contributed by atoms with Crippen LogP contribution in [0.3, 0.4) is 0 Å². The predicted octanol–water partition coefficient (Wildman–Crippen LogP) is 0.499. The summed E-state index contributed by atoms with van der Waals surface area (Å²) in [4.78, 5) is 23.8. The van der Waals surface area contributed by atoms with E-state index in [0.29, 0.717) is 19.5 Å². The first kappa shape index (κ1) is 15.2. The molecule has 0 spiro atoms. The minimum Gasteiger partial charge on any atom is -0.459 e. The van der Waals surface area contributed by atoms with Gasteiger partial charge in [0.15, 0.2) is 5.76 Å². The molecule has 0 aromatic carbocycles. The third-order valence-corrected chi connectivity index (χ3v) is 2.66. The molecule has 0 aliphatic carbocycles. The maximum Gasteiger partial charge on any atom is 0.287 e. The van der Waals surface area contributed by atoms with Gasteiger partial charge in [-0.05, 0) is 31.0 Å². The van der Waals surface area contributed by atoms with Crippen LogP contribution in [0.5, 0.6) is 0 Å². The van der Waals surface area contributed by atoms with Gasteiger partial charge in [0, 0.05) is 6.54 Å². The van der Waals surface area contributed by atoms with Crippen molar-refractivity contribution in [1.82, 2.24) is 10.6 Å². The van der Waals surface area contributed by atoms with Crippen LogP contribution in [0.1, 0.15) is 30.8 Å². The Morgan fingerprint density at radius 1 is 1.42 bits per heavy atom. The number of amides is 2. The first-order chi connectivity index (χ1) is 9.06. The molecule has 0 bridgehead atoms. The number of hydrogen-bond donors (Lipinski definition) is 3. The van der Waals surface area contributed by atoms with E-state index >= 15 is 0 Å². The third-order valence-electron chi connectivity index (χ3n) is 2.66. The number of furan rings is 1. The van der Waals surface area contributed by atoms with Gasteiger partial charge in [0.25, 0.3) is 5.91 Å². The lowest BCUT2D eigenvalue weighted by Crippen LogP contribution is -2.49. The Balaban J connectivity index is 2.57. The largest absolute Gasteiger partial charge is 0.459 e. The summed E-state index contributed by atoms with van der Waals surface area (Å²) in [6.45, 7) is 4.77. The molecule has 6 heteroatoms. The van der Waals surface area contributed by atoms with E-state index in [0.717, 1.165) is 0 Å². The van der Waals surface area contributed by atoms with Gasteiger partial charge in [0.05, 0.1) is 6.26 Å². The fourth-order valence-electron chi connectivity index (χ4n) is 1.58. The van der Waals surface area contributed by atoms with Crippen LogP contribution >= 0.6 is 0 Å². The average Bonchev–Trinajstić information content (AvgIpc) is 2.89. The summed E-state index contributed by atoms with van der Waals surface area (Å²) in [5.41, 5.74) is 5.36. The van der Waals surface area contributed by atoms with E-state index in [2.05, 4.69) is 10.6 Å². The summed E-state index contributed by atoms with van der Waals surface area (Å²) in [6, 6.07) is 2.59. The normalized spacial score (nSPS) is 12.2. The first-order valence-electron chi connectivity index (χ1n) is 6.38. The Bertz CT molecular complexity index is 401. The number of carbonyl (C=O) groups excluding carboxylic acids is 2. The summed E-state index contributed by atoms with van der Waals surface area (Å²) in [5.74, 6) is -0.418. The predicted molar refractivity (Wildman–Crippen MR) is 71.5 cm³/mol. The van der Waals surface area contributed by atoms with E-state index in [1.807, 2.05) is 13.8 Å². The van der Waals surface area contributed by atoms with E-state index in [4.69, 9.17) is 10.2 Å². The van der Waals surface area contributed by atoms with Crippen molar-refractivity contribution in [3.63, 3.8) is 0 Å². The zero-order valence-corrected chi connectivity index (χ0v) is 11.3. The van der Waals surface area contributed by atoms with Crippen LogP contribution < -0.4 is 16.4 Å². The Hall–Kier alpha value is -1.82. The van der Waals surface area contributed by atoms with Crippen LogP contribution in [0, 0.1) is 5.92 Å². The molecule has 6 nitrogen and oxygen atoms in total. The topological polar surface area (TPSA) is 97.4 Å². The molecule has 0 aliphatic rings. The molecule has 0 saturated heterocycles. The molecular weight excluding hydrogens is 246 g/mol. The first-order valence-corrected chi connectivity index (χ1v) is 6.38. The molecule has 0 saturated carbocycles. The molecule has 0 aliphatic heterocycles. The molecule has 4 N–H and O–H groups in total. The lowest BCUT2D eigenvalue weighted by molar-refractivity contribution is -0.123. The smallest absolute Gasteiger partial charge is 0.287 e. The maximum atomic E-state index is 12.0. The molecule has 1 aromatic heterocycles. The van der Waals surface area contributed by atoms with Gasteiger partial charge in [-0.25, -0.2) is 0 Å². The monoisotopic (exact) mass is 267 g/mol. The highest BCUT2D eigenvalue weighted by Crippen LogP contribution is 2.05. The zero-order valence-electron chi connectivity index (χ0n) is 11.3. The molecule has 1 heterocycles. The van der Waals surface area contributed by atoms with Crippen molar-refractivity contribution < 1.29 is 14.0 Å². The minimum atomic E-state index is -0.588. The Kier molecular flexibility index (Phi) is 6.08.